The fourth-order valence-electron chi connectivity index (χ4n) is 2.07. The molecule has 0 aromatic heterocycles. The number of rotatable bonds is 1. The van der Waals surface area contributed by atoms with Gasteiger partial charge in [0.25, 0.3) is 0 Å². The lowest BCUT2D eigenvalue weighted by atomic mass is 10.1. The van der Waals surface area contributed by atoms with Gasteiger partial charge >= 0.3 is 0 Å². The van der Waals surface area contributed by atoms with Crippen molar-refractivity contribution < 1.29 is 4.39 Å². The summed E-state index contributed by atoms with van der Waals surface area (Å²) in [6.07, 6.45) is 0. The van der Waals surface area contributed by atoms with Crippen molar-refractivity contribution in [3.8, 4) is 0 Å². The summed E-state index contributed by atoms with van der Waals surface area (Å²) >= 11 is 0. The van der Waals surface area contributed by atoms with Gasteiger partial charge in [0.15, 0.2) is 0 Å². The van der Waals surface area contributed by atoms with Crippen molar-refractivity contribution in [2.75, 3.05) is 37.3 Å². The fraction of sp³-hybridized carbons (Fsp3) is 0.500. The molecule has 2 rings (SSSR count). The Morgan fingerprint density at radius 2 is 2.12 bits per heavy atom. The maximum Gasteiger partial charge on any atom is 0.148 e. The van der Waals surface area contributed by atoms with Crippen LogP contribution in [0.3, 0.4) is 0 Å². The summed E-state index contributed by atoms with van der Waals surface area (Å²) in [5.74, 6) is -0.330. The largest absolute Gasteiger partial charge is 0.395 e. The van der Waals surface area contributed by atoms with Crippen LogP contribution in [0.5, 0.6) is 0 Å². The lowest BCUT2D eigenvalue weighted by Gasteiger charge is -2.39. The highest BCUT2D eigenvalue weighted by molar-refractivity contribution is 5.68. The number of likely N-dealkylation sites (N-methyl/N-ethyl adjacent to an activating group) is 1. The molecule has 0 aliphatic carbocycles. The molecule has 0 radical (unpaired) electrons. The highest BCUT2D eigenvalue weighted by Gasteiger charge is 2.22. The van der Waals surface area contributed by atoms with Gasteiger partial charge in [0.05, 0.1) is 11.4 Å². The lowest BCUT2D eigenvalue weighted by molar-refractivity contribution is 0.234. The second-order valence-corrected chi connectivity index (χ2v) is 4.45. The van der Waals surface area contributed by atoms with Gasteiger partial charge in [-0.3, -0.25) is 0 Å². The van der Waals surface area contributed by atoms with E-state index in [1.54, 1.807) is 6.07 Å². The molecule has 2 N–H and O–H groups in total. The number of nitrogen functional groups attached to an aromatic ring is 1. The molecule has 1 fully saturated rings. The van der Waals surface area contributed by atoms with Crippen LogP contribution >= 0.6 is 0 Å². The van der Waals surface area contributed by atoms with Crippen molar-refractivity contribution in [1.29, 1.82) is 0 Å². The summed E-state index contributed by atoms with van der Waals surface area (Å²) in [6.45, 7) is 4.94. The second-order valence-electron chi connectivity index (χ2n) is 4.45. The van der Waals surface area contributed by atoms with E-state index in [1.165, 1.54) is 6.07 Å². The number of hydrogen-bond donors (Lipinski definition) is 1. The van der Waals surface area contributed by atoms with Gasteiger partial charge in [-0.2, -0.15) is 0 Å². The molecule has 1 saturated heterocycles. The molecule has 88 valence electrons. The second kappa shape index (κ2) is 4.29. The number of nitrogens with two attached hydrogens (primary N) is 1. The van der Waals surface area contributed by atoms with Gasteiger partial charge in [0, 0.05) is 25.7 Å². The smallest absolute Gasteiger partial charge is 0.148 e. The molecule has 1 unspecified atom stereocenters. The SMILES string of the molecule is CC1CN(c2cccc(F)c2N)CCN1C. The first-order chi connectivity index (χ1) is 7.59. The van der Waals surface area contributed by atoms with E-state index in [2.05, 4.69) is 23.8 Å². The monoisotopic (exact) mass is 223 g/mol. The summed E-state index contributed by atoms with van der Waals surface area (Å²) in [7, 11) is 2.11. The standard InChI is InChI=1S/C12H18FN3/c1-9-8-16(7-6-15(9)2)11-5-3-4-10(13)12(11)14/h3-5,9H,6-8,14H2,1-2H3. The Labute approximate surface area is 95.6 Å². The number of halogens is 1. The number of para-hydroxylation sites is 1. The van der Waals surface area contributed by atoms with Gasteiger partial charge in [-0.05, 0) is 26.1 Å². The molecule has 1 aromatic carbocycles. The first kappa shape index (κ1) is 11.2. The summed E-state index contributed by atoms with van der Waals surface area (Å²) in [4.78, 5) is 4.45. The minimum atomic E-state index is -0.330. The van der Waals surface area contributed by atoms with Crippen molar-refractivity contribution in [1.82, 2.24) is 4.90 Å². The van der Waals surface area contributed by atoms with E-state index >= 15 is 0 Å². The van der Waals surface area contributed by atoms with E-state index in [1.807, 2.05) is 6.07 Å². The van der Waals surface area contributed by atoms with E-state index in [9.17, 15) is 4.39 Å². The van der Waals surface area contributed by atoms with Crippen molar-refractivity contribution in [2.45, 2.75) is 13.0 Å². The first-order valence-electron chi connectivity index (χ1n) is 5.58. The van der Waals surface area contributed by atoms with Gasteiger partial charge in [-0.15, -0.1) is 0 Å². The third-order valence-corrected chi connectivity index (χ3v) is 3.33. The molecule has 1 aliphatic heterocycles. The first-order valence-corrected chi connectivity index (χ1v) is 5.58. The molecule has 1 aliphatic rings. The minimum Gasteiger partial charge on any atom is -0.395 e. The Hall–Kier alpha value is -1.29. The van der Waals surface area contributed by atoms with Crippen molar-refractivity contribution in [3.63, 3.8) is 0 Å². The predicted octanol–water partition coefficient (Wildman–Crippen LogP) is 1.55. The molecule has 1 aromatic rings. The zero-order valence-electron chi connectivity index (χ0n) is 9.78. The molecule has 1 atom stereocenters. The number of benzene rings is 1. The Bertz CT molecular complexity index is 381. The minimum absolute atomic E-state index is 0.263. The molecular formula is C12H18FN3. The van der Waals surface area contributed by atoms with Gasteiger partial charge in [-0.25, -0.2) is 4.39 Å². The highest BCUT2D eigenvalue weighted by atomic mass is 19.1. The molecule has 0 bridgehead atoms. The highest BCUT2D eigenvalue weighted by Crippen LogP contribution is 2.27. The maximum absolute atomic E-state index is 13.3. The molecule has 1 heterocycles. The van der Waals surface area contributed by atoms with E-state index in [0.717, 1.165) is 25.3 Å². The number of piperazine rings is 1. The Kier molecular flexibility index (Phi) is 3.01. The van der Waals surface area contributed by atoms with Crippen molar-refractivity contribution in [3.05, 3.63) is 24.0 Å². The number of hydrogen-bond acceptors (Lipinski definition) is 3. The van der Waals surface area contributed by atoms with Gasteiger partial charge in [0.1, 0.15) is 5.82 Å². The van der Waals surface area contributed by atoms with Crippen molar-refractivity contribution in [2.24, 2.45) is 0 Å². The van der Waals surface area contributed by atoms with Crippen LogP contribution in [0, 0.1) is 5.82 Å². The summed E-state index contributed by atoms with van der Waals surface area (Å²) in [6, 6.07) is 5.47. The molecular weight excluding hydrogens is 205 g/mol. The number of nitrogens with zero attached hydrogens (tertiary/aromatic N) is 2. The molecule has 0 amide bonds. The Morgan fingerprint density at radius 1 is 1.38 bits per heavy atom. The zero-order valence-corrected chi connectivity index (χ0v) is 9.78. The number of anilines is 2. The maximum atomic E-state index is 13.3. The topological polar surface area (TPSA) is 32.5 Å². The van der Waals surface area contributed by atoms with Crippen LogP contribution in [0.2, 0.25) is 0 Å². The fourth-order valence-corrected chi connectivity index (χ4v) is 2.07. The van der Waals surface area contributed by atoms with Crippen LogP contribution in [0.1, 0.15) is 6.92 Å². The van der Waals surface area contributed by atoms with Crippen LogP contribution in [0.25, 0.3) is 0 Å². The normalized spacial score (nSPS) is 22.4. The Morgan fingerprint density at radius 3 is 2.81 bits per heavy atom. The van der Waals surface area contributed by atoms with Crippen LogP contribution in [-0.2, 0) is 0 Å². The van der Waals surface area contributed by atoms with Gasteiger partial charge in [-0.1, -0.05) is 6.07 Å². The van der Waals surface area contributed by atoms with E-state index in [4.69, 9.17) is 5.73 Å². The summed E-state index contributed by atoms with van der Waals surface area (Å²) in [5.41, 5.74) is 6.85. The van der Waals surface area contributed by atoms with E-state index in [0.29, 0.717) is 6.04 Å². The predicted molar refractivity (Wildman–Crippen MR) is 65.1 cm³/mol. The van der Waals surface area contributed by atoms with E-state index < -0.39 is 0 Å². The van der Waals surface area contributed by atoms with Crippen LogP contribution in [-0.4, -0.2) is 37.6 Å². The van der Waals surface area contributed by atoms with Crippen molar-refractivity contribution >= 4 is 11.4 Å². The average Bonchev–Trinajstić information content (AvgIpc) is 2.26. The van der Waals surface area contributed by atoms with Gasteiger partial charge in [0.2, 0.25) is 0 Å². The molecule has 16 heavy (non-hydrogen) atoms. The molecule has 4 heteroatoms. The van der Waals surface area contributed by atoms with Gasteiger partial charge < -0.3 is 15.5 Å². The summed E-state index contributed by atoms with van der Waals surface area (Å²) in [5, 5.41) is 0. The van der Waals surface area contributed by atoms with Crippen LogP contribution < -0.4 is 10.6 Å². The molecule has 3 nitrogen and oxygen atoms in total. The lowest BCUT2D eigenvalue weighted by Crippen LogP contribution is -2.50. The Balaban J connectivity index is 2.22. The third kappa shape index (κ3) is 1.97. The average molecular weight is 223 g/mol. The summed E-state index contributed by atoms with van der Waals surface area (Å²) < 4.78 is 13.3. The molecule has 0 spiro atoms. The zero-order chi connectivity index (χ0) is 11.7. The molecule has 0 saturated carbocycles. The van der Waals surface area contributed by atoms with Crippen LogP contribution in [0.15, 0.2) is 18.2 Å². The quantitative estimate of drug-likeness (QED) is 0.733. The van der Waals surface area contributed by atoms with E-state index in [-0.39, 0.29) is 11.5 Å². The van der Waals surface area contributed by atoms with Crippen LogP contribution in [0.4, 0.5) is 15.8 Å². The third-order valence-electron chi connectivity index (χ3n) is 3.33.